The Balaban J connectivity index is 2.53. The van der Waals surface area contributed by atoms with Crippen LogP contribution in [0.4, 0.5) is 15.9 Å². The molecule has 0 aliphatic carbocycles. The highest BCUT2D eigenvalue weighted by Gasteiger charge is 2.23. The minimum absolute atomic E-state index is 0.0537. The second-order valence-electron chi connectivity index (χ2n) is 4.24. The van der Waals surface area contributed by atoms with E-state index in [0.717, 1.165) is 6.07 Å². The van der Waals surface area contributed by atoms with Gasteiger partial charge in [-0.05, 0) is 31.0 Å². The third kappa shape index (κ3) is 2.55. The largest absolute Gasteiger partial charge is 0.396 e. The molecule has 0 aliphatic rings. The number of hydrogen-bond acceptors (Lipinski definition) is 5. The summed E-state index contributed by atoms with van der Waals surface area (Å²) < 4.78 is 40.5. The molecule has 0 aliphatic heterocycles. The molecule has 1 aromatic carbocycles. The molecule has 0 saturated heterocycles. The lowest BCUT2D eigenvalue weighted by Gasteiger charge is -2.14. The van der Waals surface area contributed by atoms with Crippen molar-refractivity contribution in [3.05, 3.63) is 41.6 Å². The van der Waals surface area contributed by atoms with Gasteiger partial charge in [-0.1, -0.05) is 0 Å². The first kappa shape index (κ1) is 14.2. The number of anilines is 2. The zero-order valence-electron chi connectivity index (χ0n) is 10.9. The summed E-state index contributed by atoms with van der Waals surface area (Å²) in [7, 11) is -3.91. The Morgan fingerprint density at radius 1 is 1.30 bits per heavy atom. The maximum absolute atomic E-state index is 13.5. The van der Waals surface area contributed by atoms with Crippen LogP contribution in [0.25, 0.3) is 0 Å². The molecule has 2 aromatic rings. The van der Waals surface area contributed by atoms with E-state index in [9.17, 15) is 12.8 Å². The number of halogens is 1. The fourth-order valence-corrected chi connectivity index (χ4v) is 3.36. The summed E-state index contributed by atoms with van der Waals surface area (Å²) in [5.74, 6) is -0.562. The van der Waals surface area contributed by atoms with Crippen molar-refractivity contribution in [3.8, 4) is 0 Å². The van der Waals surface area contributed by atoms with Crippen molar-refractivity contribution in [1.82, 2.24) is 9.97 Å². The van der Waals surface area contributed by atoms with Crippen LogP contribution in [0.2, 0.25) is 0 Å². The van der Waals surface area contributed by atoms with E-state index in [1.807, 2.05) is 0 Å². The molecule has 3 N–H and O–H groups in total. The number of nitrogen functional groups attached to an aromatic ring is 1. The Morgan fingerprint density at radius 2 is 2.00 bits per heavy atom. The summed E-state index contributed by atoms with van der Waals surface area (Å²) in [6.07, 6.45) is 4.05. The quantitative estimate of drug-likeness (QED) is 0.839. The fourth-order valence-electron chi connectivity index (χ4n) is 1.88. The molecule has 8 heteroatoms. The SMILES string of the molecule is Cc1cc(F)c(N)c(C)c1S(=O)(=O)Nc1cnccn1. The molecule has 0 radical (unpaired) electrons. The van der Waals surface area contributed by atoms with E-state index in [1.54, 1.807) is 0 Å². The van der Waals surface area contributed by atoms with Crippen LogP contribution < -0.4 is 10.5 Å². The van der Waals surface area contributed by atoms with Crippen LogP contribution >= 0.6 is 0 Å². The van der Waals surface area contributed by atoms with Crippen molar-refractivity contribution in [1.29, 1.82) is 0 Å². The summed E-state index contributed by atoms with van der Waals surface area (Å²) in [6, 6.07) is 1.09. The first-order valence-corrected chi connectivity index (χ1v) is 7.15. The first-order valence-electron chi connectivity index (χ1n) is 5.67. The molecule has 0 atom stereocenters. The van der Waals surface area contributed by atoms with Crippen LogP contribution in [0.3, 0.4) is 0 Å². The van der Waals surface area contributed by atoms with Crippen LogP contribution in [0.15, 0.2) is 29.6 Å². The van der Waals surface area contributed by atoms with Gasteiger partial charge >= 0.3 is 0 Å². The van der Waals surface area contributed by atoms with Crippen molar-refractivity contribution in [2.75, 3.05) is 10.5 Å². The molecule has 0 unspecified atom stereocenters. The number of benzene rings is 1. The predicted molar refractivity (Wildman–Crippen MR) is 73.1 cm³/mol. The van der Waals surface area contributed by atoms with E-state index in [2.05, 4.69) is 14.7 Å². The summed E-state index contributed by atoms with van der Waals surface area (Å²) in [5, 5.41) is 0. The normalized spacial score (nSPS) is 11.3. The average molecular weight is 296 g/mol. The number of rotatable bonds is 3. The smallest absolute Gasteiger partial charge is 0.263 e. The molecule has 20 heavy (non-hydrogen) atoms. The lowest BCUT2D eigenvalue weighted by molar-refractivity contribution is 0.598. The molecule has 6 nitrogen and oxygen atoms in total. The molecule has 0 saturated carbocycles. The summed E-state index contributed by atoms with van der Waals surface area (Å²) in [4.78, 5) is 7.54. The minimum atomic E-state index is -3.91. The first-order chi connectivity index (χ1) is 9.33. The van der Waals surface area contributed by atoms with Crippen molar-refractivity contribution in [2.45, 2.75) is 18.7 Å². The van der Waals surface area contributed by atoms with Gasteiger partial charge in [0.1, 0.15) is 5.82 Å². The van der Waals surface area contributed by atoms with Gasteiger partial charge in [0.25, 0.3) is 10.0 Å². The van der Waals surface area contributed by atoms with Gasteiger partial charge in [-0.15, -0.1) is 0 Å². The zero-order chi connectivity index (χ0) is 14.9. The van der Waals surface area contributed by atoms with Crippen molar-refractivity contribution >= 4 is 21.5 Å². The van der Waals surface area contributed by atoms with Crippen LogP contribution in [-0.4, -0.2) is 18.4 Å². The Bertz CT molecular complexity index is 748. The van der Waals surface area contributed by atoms with Gasteiger partial charge in [-0.3, -0.25) is 9.71 Å². The fraction of sp³-hybridized carbons (Fsp3) is 0.167. The van der Waals surface area contributed by atoms with Gasteiger partial charge in [0, 0.05) is 12.4 Å². The van der Waals surface area contributed by atoms with E-state index < -0.39 is 15.8 Å². The maximum atomic E-state index is 13.5. The van der Waals surface area contributed by atoms with Crippen LogP contribution in [-0.2, 0) is 10.0 Å². The topological polar surface area (TPSA) is 98.0 Å². The van der Waals surface area contributed by atoms with E-state index in [4.69, 9.17) is 5.73 Å². The van der Waals surface area contributed by atoms with Crippen LogP contribution in [0, 0.1) is 19.7 Å². The van der Waals surface area contributed by atoms with Gasteiger partial charge in [0.05, 0.1) is 16.8 Å². The molecule has 0 amide bonds. The van der Waals surface area contributed by atoms with Crippen molar-refractivity contribution in [2.24, 2.45) is 0 Å². The minimum Gasteiger partial charge on any atom is -0.396 e. The molecule has 2 rings (SSSR count). The number of hydrogen-bond donors (Lipinski definition) is 2. The molecule has 1 aromatic heterocycles. The number of nitrogens with two attached hydrogens (primary N) is 1. The standard InChI is InChI=1S/C12H13FN4O2S/c1-7-5-9(13)11(14)8(2)12(7)20(18,19)17-10-6-15-3-4-16-10/h3-6H,14H2,1-2H3,(H,16,17). The maximum Gasteiger partial charge on any atom is 0.263 e. The molecule has 0 fully saturated rings. The number of nitrogens with zero attached hydrogens (tertiary/aromatic N) is 2. The Hall–Kier alpha value is -2.22. The van der Waals surface area contributed by atoms with Crippen LogP contribution in [0.1, 0.15) is 11.1 Å². The number of aromatic nitrogens is 2. The zero-order valence-corrected chi connectivity index (χ0v) is 11.7. The lowest BCUT2D eigenvalue weighted by Crippen LogP contribution is -2.18. The number of aryl methyl sites for hydroxylation is 1. The summed E-state index contributed by atoms with van der Waals surface area (Å²) in [5.41, 5.74) is 5.80. The highest BCUT2D eigenvalue weighted by molar-refractivity contribution is 7.92. The second kappa shape index (κ2) is 5.04. The molecule has 1 heterocycles. The Kier molecular flexibility index (Phi) is 3.58. The van der Waals surface area contributed by atoms with E-state index in [0.29, 0.717) is 0 Å². The van der Waals surface area contributed by atoms with Gasteiger partial charge in [-0.2, -0.15) is 0 Å². The van der Waals surface area contributed by atoms with Gasteiger partial charge in [0.2, 0.25) is 0 Å². The molecule has 106 valence electrons. The van der Waals surface area contributed by atoms with Crippen molar-refractivity contribution in [3.63, 3.8) is 0 Å². The molecular weight excluding hydrogens is 283 g/mol. The van der Waals surface area contributed by atoms with Gasteiger partial charge < -0.3 is 5.73 Å². The summed E-state index contributed by atoms with van der Waals surface area (Å²) in [6.45, 7) is 2.96. The molecule has 0 spiro atoms. The monoisotopic (exact) mass is 296 g/mol. The third-order valence-electron chi connectivity index (χ3n) is 2.77. The average Bonchev–Trinajstić information content (AvgIpc) is 2.36. The van der Waals surface area contributed by atoms with E-state index >= 15 is 0 Å². The highest BCUT2D eigenvalue weighted by Crippen LogP contribution is 2.28. The summed E-state index contributed by atoms with van der Waals surface area (Å²) >= 11 is 0. The Morgan fingerprint density at radius 3 is 2.60 bits per heavy atom. The van der Waals surface area contributed by atoms with E-state index in [1.165, 1.54) is 32.4 Å². The number of nitrogens with one attached hydrogen (secondary N) is 1. The van der Waals surface area contributed by atoms with Gasteiger partial charge in [-0.25, -0.2) is 17.8 Å². The third-order valence-corrected chi connectivity index (χ3v) is 4.42. The second-order valence-corrected chi connectivity index (χ2v) is 5.86. The Labute approximate surface area is 115 Å². The van der Waals surface area contributed by atoms with Crippen molar-refractivity contribution < 1.29 is 12.8 Å². The van der Waals surface area contributed by atoms with Crippen LogP contribution in [0.5, 0.6) is 0 Å². The lowest BCUT2D eigenvalue weighted by atomic mass is 10.1. The molecular formula is C12H13FN4O2S. The predicted octanol–water partition coefficient (Wildman–Crippen LogP) is 1.62. The highest BCUT2D eigenvalue weighted by atomic mass is 32.2. The van der Waals surface area contributed by atoms with E-state index in [-0.39, 0.29) is 27.5 Å². The number of sulfonamides is 1. The van der Waals surface area contributed by atoms with Gasteiger partial charge in [0.15, 0.2) is 5.82 Å². The molecule has 0 bridgehead atoms.